The van der Waals surface area contributed by atoms with Gasteiger partial charge in [-0.15, -0.1) is 0 Å². The summed E-state index contributed by atoms with van der Waals surface area (Å²) in [4.78, 5) is 10.6. The molecule has 0 aromatic heterocycles. The Hall–Kier alpha value is -0.610. The van der Waals surface area contributed by atoms with Crippen molar-refractivity contribution in [3.8, 4) is 0 Å². The highest BCUT2D eigenvalue weighted by atomic mass is 79.9. The fourth-order valence-corrected chi connectivity index (χ4v) is 1.82. The monoisotopic (exact) mass is 266 g/mol. The molecule has 1 N–H and O–H groups in total. The number of benzene rings is 1. The van der Waals surface area contributed by atoms with Crippen LogP contribution in [0.2, 0.25) is 5.02 Å². The van der Waals surface area contributed by atoms with Crippen molar-refractivity contribution in [1.29, 1.82) is 0 Å². The lowest BCUT2D eigenvalue weighted by atomic mass is 10.1. The smallest absolute Gasteiger partial charge is 0.340 e. The number of carboxylic acids is 1. The average Bonchev–Trinajstić information content (AvgIpc) is 2.04. The number of carboxylic acid groups (broad SMARTS) is 1. The molecule has 1 rings (SSSR count). The molecule has 0 heterocycles. The van der Waals surface area contributed by atoms with E-state index < -0.39 is 17.3 Å². The zero-order chi connectivity index (χ0) is 10.0. The maximum absolute atomic E-state index is 12.9. The summed E-state index contributed by atoms with van der Waals surface area (Å²) in [5.41, 5.74) is 0.0825. The van der Waals surface area contributed by atoms with E-state index in [-0.39, 0.29) is 5.02 Å². The highest BCUT2D eigenvalue weighted by Crippen LogP contribution is 2.25. The van der Waals surface area contributed by atoms with Crippen LogP contribution in [0.5, 0.6) is 0 Å². The van der Waals surface area contributed by atoms with Crippen LogP contribution < -0.4 is 0 Å². The standard InChI is InChI=1S/C8H5BrClFO2/c9-3-4-1-2-5(11)6(7(4)10)8(12)13/h1-2H,3H2,(H,12,13). The third kappa shape index (κ3) is 2.00. The van der Waals surface area contributed by atoms with Crippen LogP contribution in [-0.4, -0.2) is 11.1 Å². The van der Waals surface area contributed by atoms with E-state index in [1.165, 1.54) is 6.07 Å². The first-order chi connectivity index (χ1) is 6.07. The van der Waals surface area contributed by atoms with E-state index in [1.54, 1.807) is 0 Å². The van der Waals surface area contributed by atoms with Crippen LogP contribution in [0, 0.1) is 5.82 Å². The van der Waals surface area contributed by atoms with Crippen molar-refractivity contribution < 1.29 is 14.3 Å². The molecule has 0 atom stereocenters. The minimum atomic E-state index is -1.36. The van der Waals surface area contributed by atoms with Crippen molar-refractivity contribution in [1.82, 2.24) is 0 Å². The number of rotatable bonds is 2. The van der Waals surface area contributed by atoms with Gasteiger partial charge < -0.3 is 5.11 Å². The Morgan fingerprint density at radius 2 is 2.23 bits per heavy atom. The number of hydrogen-bond acceptors (Lipinski definition) is 1. The Bertz CT molecular complexity index is 354. The molecule has 0 aliphatic carbocycles. The molecule has 2 nitrogen and oxygen atoms in total. The number of halogens is 3. The van der Waals surface area contributed by atoms with Crippen molar-refractivity contribution in [2.45, 2.75) is 5.33 Å². The van der Waals surface area contributed by atoms with Crippen LogP contribution >= 0.6 is 27.5 Å². The van der Waals surface area contributed by atoms with Gasteiger partial charge in [-0.3, -0.25) is 0 Å². The van der Waals surface area contributed by atoms with Gasteiger partial charge in [0, 0.05) is 5.33 Å². The molecular formula is C8H5BrClFO2. The van der Waals surface area contributed by atoms with Crippen LogP contribution in [-0.2, 0) is 5.33 Å². The predicted molar refractivity (Wildman–Crippen MR) is 51.0 cm³/mol. The first kappa shape index (κ1) is 10.5. The first-order valence-corrected chi connectivity index (χ1v) is 4.84. The molecule has 0 unspecified atom stereocenters. The molecule has 0 saturated heterocycles. The number of hydrogen-bond donors (Lipinski definition) is 1. The van der Waals surface area contributed by atoms with E-state index in [2.05, 4.69) is 15.9 Å². The highest BCUT2D eigenvalue weighted by molar-refractivity contribution is 9.08. The Kier molecular flexibility index (Phi) is 3.27. The Morgan fingerprint density at radius 1 is 1.62 bits per heavy atom. The Balaban J connectivity index is 3.38. The molecule has 5 heteroatoms. The van der Waals surface area contributed by atoms with Crippen molar-refractivity contribution >= 4 is 33.5 Å². The van der Waals surface area contributed by atoms with Gasteiger partial charge in [-0.25, -0.2) is 9.18 Å². The summed E-state index contributed by atoms with van der Waals surface area (Å²) in [7, 11) is 0. The zero-order valence-electron chi connectivity index (χ0n) is 6.35. The maximum Gasteiger partial charge on any atom is 0.340 e. The van der Waals surface area contributed by atoms with Crippen LogP contribution in [0.25, 0.3) is 0 Å². The normalized spacial score (nSPS) is 10.1. The van der Waals surface area contributed by atoms with Crippen molar-refractivity contribution in [3.63, 3.8) is 0 Å². The molecule has 13 heavy (non-hydrogen) atoms. The molecule has 1 aromatic rings. The molecule has 0 radical (unpaired) electrons. The minimum Gasteiger partial charge on any atom is -0.478 e. The van der Waals surface area contributed by atoms with E-state index >= 15 is 0 Å². The summed E-state index contributed by atoms with van der Waals surface area (Å²) in [6.45, 7) is 0. The Morgan fingerprint density at radius 3 is 2.69 bits per heavy atom. The summed E-state index contributed by atoms with van der Waals surface area (Å²) in [6.07, 6.45) is 0. The van der Waals surface area contributed by atoms with Gasteiger partial charge in [-0.05, 0) is 11.6 Å². The van der Waals surface area contributed by atoms with Gasteiger partial charge in [0.05, 0.1) is 5.02 Å². The summed E-state index contributed by atoms with van der Waals surface area (Å²) in [6, 6.07) is 2.53. The molecule has 0 fully saturated rings. The van der Waals surface area contributed by atoms with Gasteiger partial charge in [0.2, 0.25) is 0 Å². The van der Waals surface area contributed by atoms with E-state index in [0.29, 0.717) is 10.9 Å². The average molecular weight is 267 g/mol. The summed E-state index contributed by atoms with van der Waals surface area (Å²) >= 11 is 8.77. The molecule has 1 aromatic carbocycles. The summed E-state index contributed by atoms with van der Waals surface area (Å²) in [5.74, 6) is -2.17. The van der Waals surface area contributed by atoms with Crippen LogP contribution in [0.4, 0.5) is 4.39 Å². The van der Waals surface area contributed by atoms with Gasteiger partial charge >= 0.3 is 5.97 Å². The topological polar surface area (TPSA) is 37.3 Å². The quantitative estimate of drug-likeness (QED) is 0.836. The second kappa shape index (κ2) is 4.07. The van der Waals surface area contributed by atoms with Crippen LogP contribution in [0.15, 0.2) is 12.1 Å². The molecule has 70 valence electrons. The largest absolute Gasteiger partial charge is 0.478 e. The molecular weight excluding hydrogens is 262 g/mol. The van der Waals surface area contributed by atoms with Gasteiger partial charge in [0.1, 0.15) is 11.4 Å². The lowest BCUT2D eigenvalue weighted by Crippen LogP contribution is -2.03. The summed E-state index contributed by atoms with van der Waals surface area (Å²) in [5, 5.41) is 8.97. The molecule has 0 saturated carbocycles. The van der Waals surface area contributed by atoms with Crippen molar-refractivity contribution in [2.24, 2.45) is 0 Å². The number of alkyl halides is 1. The van der Waals surface area contributed by atoms with Gasteiger partial charge in [0.15, 0.2) is 0 Å². The molecule has 0 bridgehead atoms. The van der Waals surface area contributed by atoms with Crippen molar-refractivity contribution in [3.05, 3.63) is 34.1 Å². The van der Waals surface area contributed by atoms with Gasteiger partial charge in [-0.1, -0.05) is 33.6 Å². The Labute approximate surface area is 87.5 Å². The second-order valence-electron chi connectivity index (χ2n) is 2.33. The second-order valence-corrected chi connectivity index (χ2v) is 3.27. The molecule has 0 aliphatic heterocycles. The van der Waals surface area contributed by atoms with Crippen LogP contribution in [0.3, 0.4) is 0 Å². The number of carbonyl (C=O) groups is 1. The lowest BCUT2D eigenvalue weighted by Gasteiger charge is -2.04. The minimum absolute atomic E-state index is 0.0515. The lowest BCUT2D eigenvalue weighted by molar-refractivity contribution is 0.0692. The molecule has 0 aliphatic rings. The van der Waals surface area contributed by atoms with E-state index in [0.717, 1.165) is 6.07 Å². The molecule has 0 spiro atoms. The fraction of sp³-hybridized carbons (Fsp3) is 0.125. The fourth-order valence-electron chi connectivity index (χ4n) is 0.895. The summed E-state index contributed by atoms with van der Waals surface area (Å²) < 4.78 is 12.9. The first-order valence-electron chi connectivity index (χ1n) is 3.34. The van der Waals surface area contributed by atoms with Crippen LogP contribution in [0.1, 0.15) is 15.9 Å². The third-order valence-corrected chi connectivity index (χ3v) is 2.56. The number of aromatic carboxylic acids is 1. The van der Waals surface area contributed by atoms with E-state index in [9.17, 15) is 9.18 Å². The van der Waals surface area contributed by atoms with Gasteiger partial charge in [-0.2, -0.15) is 0 Å². The predicted octanol–water partition coefficient (Wildman–Crippen LogP) is 3.07. The van der Waals surface area contributed by atoms with Crippen molar-refractivity contribution in [2.75, 3.05) is 0 Å². The van der Waals surface area contributed by atoms with Gasteiger partial charge in [0.25, 0.3) is 0 Å². The van der Waals surface area contributed by atoms with E-state index in [1.807, 2.05) is 0 Å². The highest BCUT2D eigenvalue weighted by Gasteiger charge is 2.17. The SMILES string of the molecule is O=C(O)c1c(F)ccc(CBr)c1Cl. The molecule has 0 amide bonds. The third-order valence-electron chi connectivity index (χ3n) is 1.53. The maximum atomic E-state index is 12.9. The zero-order valence-corrected chi connectivity index (χ0v) is 8.69. The van der Waals surface area contributed by atoms with E-state index in [4.69, 9.17) is 16.7 Å².